The zero-order valence-corrected chi connectivity index (χ0v) is 17.9. The first kappa shape index (κ1) is 20.9. The topological polar surface area (TPSA) is 67.8 Å². The standard InChI is InChI=1S/C23H23ClN4O3/c1-17-14-27(11-12-28(17)23(29)15-30-19-5-3-2-4-6-19)21-13-22(26-16-25-21)31-20-9-7-18(24)8-10-20/h2-10,13,16-17H,11-12,14-15H2,1H3/t17-/m0/s1. The van der Waals surface area contributed by atoms with Gasteiger partial charge in [-0.1, -0.05) is 29.8 Å². The molecule has 0 unspecified atom stereocenters. The Bertz CT molecular complexity index is 1020. The molecule has 1 aliphatic rings. The van der Waals surface area contributed by atoms with Crippen molar-refractivity contribution >= 4 is 23.3 Å². The van der Waals surface area contributed by atoms with E-state index in [0.717, 1.165) is 5.82 Å². The number of amides is 1. The smallest absolute Gasteiger partial charge is 0.260 e. The zero-order chi connectivity index (χ0) is 21.6. The second-order valence-corrected chi connectivity index (χ2v) is 7.69. The van der Waals surface area contributed by atoms with E-state index >= 15 is 0 Å². The van der Waals surface area contributed by atoms with Crippen LogP contribution in [-0.4, -0.2) is 53.1 Å². The quantitative estimate of drug-likeness (QED) is 0.578. The molecule has 1 saturated heterocycles. The molecule has 0 bridgehead atoms. The van der Waals surface area contributed by atoms with Gasteiger partial charge in [0.05, 0.1) is 0 Å². The second kappa shape index (κ2) is 9.66. The van der Waals surface area contributed by atoms with Crippen molar-refractivity contribution in [2.24, 2.45) is 0 Å². The number of hydrogen-bond donors (Lipinski definition) is 0. The summed E-state index contributed by atoms with van der Waals surface area (Å²) in [6.07, 6.45) is 1.48. The summed E-state index contributed by atoms with van der Waals surface area (Å²) in [6, 6.07) is 18.3. The number of halogens is 1. The van der Waals surface area contributed by atoms with Gasteiger partial charge in [0.25, 0.3) is 5.91 Å². The number of hydrogen-bond acceptors (Lipinski definition) is 6. The van der Waals surface area contributed by atoms with Crippen molar-refractivity contribution in [1.82, 2.24) is 14.9 Å². The maximum Gasteiger partial charge on any atom is 0.260 e. The number of carbonyl (C=O) groups is 1. The molecule has 1 aliphatic heterocycles. The average molecular weight is 439 g/mol. The van der Waals surface area contributed by atoms with Crippen LogP contribution in [0.4, 0.5) is 5.82 Å². The van der Waals surface area contributed by atoms with Crippen molar-refractivity contribution in [3.63, 3.8) is 0 Å². The highest BCUT2D eigenvalue weighted by molar-refractivity contribution is 6.30. The Morgan fingerprint density at radius 1 is 1.06 bits per heavy atom. The van der Waals surface area contributed by atoms with Crippen molar-refractivity contribution < 1.29 is 14.3 Å². The van der Waals surface area contributed by atoms with Gasteiger partial charge in [0, 0.05) is 36.8 Å². The molecule has 160 valence electrons. The van der Waals surface area contributed by atoms with Gasteiger partial charge in [-0.25, -0.2) is 9.97 Å². The maximum absolute atomic E-state index is 12.6. The Labute approximate surface area is 186 Å². The molecule has 1 amide bonds. The van der Waals surface area contributed by atoms with Gasteiger partial charge in [-0.2, -0.15) is 0 Å². The van der Waals surface area contributed by atoms with Crippen molar-refractivity contribution in [1.29, 1.82) is 0 Å². The normalized spacial score (nSPS) is 16.1. The van der Waals surface area contributed by atoms with E-state index in [9.17, 15) is 4.79 Å². The first-order valence-electron chi connectivity index (χ1n) is 10.1. The lowest BCUT2D eigenvalue weighted by molar-refractivity contribution is -0.135. The molecule has 1 atom stereocenters. The molecule has 1 aromatic heterocycles. The van der Waals surface area contributed by atoms with E-state index < -0.39 is 0 Å². The van der Waals surface area contributed by atoms with Crippen LogP contribution in [0.15, 0.2) is 67.0 Å². The van der Waals surface area contributed by atoms with Crippen LogP contribution >= 0.6 is 11.6 Å². The number of carbonyl (C=O) groups excluding carboxylic acids is 1. The molecule has 0 N–H and O–H groups in total. The molecule has 0 spiro atoms. The van der Waals surface area contributed by atoms with Gasteiger partial charge < -0.3 is 19.3 Å². The van der Waals surface area contributed by atoms with E-state index in [1.807, 2.05) is 42.2 Å². The van der Waals surface area contributed by atoms with Crippen molar-refractivity contribution in [2.75, 3.05) is 31.1 Å². The number of nitrogens with zero attached hydrogens (tertiary/aromatic N) is 4. The van der Waals surface area contributed by atoms with Gasteiger partial charge in [0.1, 0.15) is 23.6 Å². The van der Waals surface area contributed by atoms with Gasteiger partial charge in [-0.15, -0.1) is 0 Å². The molecular weight excluding hydrogens is 416 g/mol. The van der Waals surface area contributed by atoms with Crippen LogP contribution in [0, 0.1) is 0 Å². The fraction of sp³-hybridized carbons (Fsp3) is 0.261. The number of piperazine rings is 1. The van der Waals surface area contributed by atoms with Gasteiger partial charge in [-0.3, -0.25) is 4.79 Å². The van der Waals surface area contributed by atoms with E-state index in [-0.39, 0.29) is 18.6 Å². The molecule has 2 heterocycles. The molecule has 8 heteroatoms. The molecule has 0 saturated carbocycles. The van der Waals surface area contributed by atoms with Crippen LogP contribution in [0.5, 0.6) is 17.4 Å². The van der Waals surface area contributed by atoms with Gasteiger partial charge in [0.15, 0.2) is 6.61 Å². The maximum atomic E-state index is 12.6. The Hall–Kier alpha value is -3.32. The fourth-order valence-corrected chi connectivity index (χ4v) is 3.59. The monoisotopic (exact) mass is 438 g/mol. The third-order valence-corrected chi connectivity index (χ3v) is 5.29. The van der Waals surface area contributed by atoms with Gasteiger partial charge >= 0.3 is 0 Å². The average Bonchev–Trinajstić information content (AvgIpc) is 2.80. The number of rotatable bonds is 6. The highest BCUT2D eigenvalue weighted by Gasteiger charge is 2.28. The van der Waals surface area contributed by atoms with E-state index in [0.29, 0.717) is 42.0 Å². The van der Waals surface area contributed by atoms with Crippen LogP contribution in [-0.2, 0) is 4.79 Å². The minimum absolute atomic E-state index is 0.0227. The predicted octanol–water partition coefficient (Wildman–Crippen LogP) is 4.04. The summed E-state index contributed by atoms with van der Waals surface area (Å²) >= 11 is 5.92. The lowest BCUT2D eigenvalue weighted by Crippen LogP contribution is -2.55. The minimum Gasteiger partial charge on any atom is -0.484 e. The van der Waals surface area contributed by atoms with E-state index in [4.69, 9.17) is 21.1 Å². The van der Waals surface area contributed by atoms with Crippen LogP contribution in [0.25, 0.3) is 0 Å². The van der Waals surface area contributed by atoms with Gasteiger partial charge in [-0.05, 0) is 43.3 Å². The van der Waals surface area contributed by atoms with Crippen molar-refractivity contribution in [2.45, 2.75) is 13.0 Å². The number of aromatic nitrogens is 2. The summed E-state index contributed by atoms with van der Waals surface area (Å²) < 4.78 is 11.4. The first-order chi connectivity index (χ1) is 15.1. The molecule has 3 aromatic rings. The number of anilines is 1. The van der Waals surface area contributed by atoms with Crippen LogP contribution < -0.4 is 14.4 Å². The van der Waals surface area contributed by atoms with E-state index in [1.165, 1.54) is 6.33 Å². The molecule has 0 radical (unpaired) electrons. The van der Waals surface area contributed by atoms with Crippen LogP contribution in [0.3, 0.4) is 0 Å². The number of ether oxygens (including phenoxy) is 2. The third kappa shape index (κ3) is 5.44. The lowest BCUT2D eigenvalue weighted by Gasteiger charge is -2.40. The minimum atomic E-state index is -0.0227. The summed E-state index contributed by atoms with van der Waals surface area (Å²) in [5, 5.41) is 0.645. The third-order valence-electron chi connectivity index (χ3n) is 5.04. The second-order valence-electron chi connectivity index (χ2n) is 7.25. The Morgan fingerprint density at radius 3 is 2.58 bits per heavy atom. The molecule has 0 aliphatic carbocycles. The fourth-order valence-electron chi connectivity index (χ4n) is 3.46. The Balaban J connectivity index is 1.35. The Kier molecular flexibility index (Phi) is 6.52. The molecule has 4 rings (SSSR count). The summed E-state index contributed by atoms with van der Waals surface area (Å²) in [4.78, 5) is 25.2. The summed E-state index contributed by atoms with van der Waals surface area (Å²) in [5.74, 6) is 2.53. The van der Waals surface area contributed by atoms with Crippen molar-refractivity contribution in [3.8, 4) is 17.4 Å². The largest absolute Gasteiger partial charge is 0.484 e. The first-order valence-corrected chi connectivity index (χ1v) is 10.4. The van der Waals surface area contributed by atoms with Crippen LogP contribution in [0.2, 0.25) is 5.02 Å². The lowest BCUT2D eigenvalue weighted by atomic mass is 10.2. The summed E-state index contributed by atoms with van der Waals surface area (Å²) in [5.41, 5.74) is 0. The number of para-hydroxylation sites is 1. The summed E-state index contributed by atoms with van der Waals surface area (Å²) in [6.45, 7) is 3.97. The molecular formula is C23H23ClN4O3. The number of benzene rings is 2. The molecule has 7 nitrogen and oxygen atoms in total. The zero-order valence-electron chi connectivity index (χ0n) is 17.1. The highest BCUT2D eigenvalue weighted by Crippen LogP contribution is 2.25. The molecule has 31 heavy (non-hydrogen) atoms. The Morgan fingerprint density at radius 2 is 1.84 bits per heavy atom. The SMILES string of the molecule is C[C@H]1CN(c2cc(Oc3ccc(Cl)cc3)ncn2)CCN1C(=O)COc1ccccc1. The summed E-state index contributed by atoms with van der Waals surface area (Å²) in [7, 11) is 0. The van der Waals surface area contributed by atoms with Crippen molar-refractivity contribution in [3.05, 3.63) is 72.0 Å². The van der Waals surface area contributed by atoms with Crippen LogP contribution in [0.1, 0.15) is 6.92 Å². The predicted molar refractivity (Wildman–Crippen MR) is 119 cm³/mol. The molecule has 2 aromatic carbocycles. The highest BCUT2D eigenvalue weighted by atomic mass is 35.5. The van der Waals surface area contributed by atoms with E-state index in [1.54, 1.807) is 30.3 Å². The van der Waals surface area contributed by atoms with E-state index in [2.05, 4.69) is 14.9 Å². The van der Waals surface area contributed by atoms with Gasteiger partial charge in [0.2, 0.25) is 5.88 Å². The molecule has 1 fully saturated rings.